The zero-order valence-corrected chi connectivity index (χ0v) is 8.26. The van der Waals surface area contributed by atoms with E-state index >= 15 is 0 Å². The van der Waals surface area contributed by atoms with Crippen molar-refractivity contribution in [1.82, 2.24) is 0 Å². The summed E-state index contributed by atoms with van der Waals surface area (Å²) in [6, 6.07) is 3.48. The minimum Gasteiger partial charge on any atom is -0.508 e. The van der Waals surface area contributed by atoms with Crippen LogP contribution in [-0.2, 0) is 6.42 Å². The van der Waals surface area contributed by atoms with Gasteiger partial charge in [-0.25, -0.2) is 0 Å². The SMILES string of the molecule is CC1Cc2c(O)ccc(Br)c2O1. The number of rotatable bonds is 0. The molecule has 1 N–H and O–H groups in total. The van der Waals surface area contributed by atoms with Gasteiger partial charge < -0.3 is 9.84 Å². The minimum atomic E-state index is 0.171. The normalized spacial score (nSPS) is 20.3. The third kappa shape index (κ3) is 1.08. The number of benzene rings is 1. The first-order valence-electron chi connectivity index (χ1n) is 3.85. The molecule has 0 saturated heterocycles. The van der Waals surface area contributed by atoms with E-state index in [4.69, 9.17) is 4.74 Å². The maximum absolute atomic E-state index is 9.47. The largest absolute Gasteiger partial charge is 0.508 e. The molecule has 0 aliphatic carbocycles. The second kappa shape index (κ2) is 2.66. The van der Waals surface area contributed by atoms with Crippen LogP contribution in [0.2, 0.25) is 0 Å². The van der Waals surface area contributed by atoms with Gasteiger partial charge in [-0.1, -0.05) is 0 Å². The van der Waals surface area contributed by atoms with Gasteiger partial charge in [0, 0.05) is 12.0 Å². The van der Waals surface area contributed by atoms with Crippen LogP contribution in [-0.4, -0.2) is 11.2 Å². The predicted molar refractivity (Wildman–Crippen MR) is 49.6 cm³/mol. The summed E-state index contributed by atoms with van der Waals surface area (Å²) in [5.74, 6) is 1.13. The van der Waals surface area contributed by atoms with Gasteiger partial charge in [0.2, 0.25) is 0 Å². The molecule has 0 amide bonds. The van der Waals surface area contributed by atoms with Gasteiger partial charge >= 0.3 is 0 Å². The Balaban J connectivity index is 2.56. The summed E-state index contributed by atoms with van der Waals surface area (Å²) in [6.07, 6.45) is 0.963. The quantitative estimate of drug-likeness (QED) is 0.740. The van der Waals surface area contributed by atoms with Crippen LogP contribution in [0.5, 0.6) is 11.5 Å². The van der Waals surface area contributed by atoms with E-state index in [9.17, 15) is 5.11 Å². The topological polar surface area (TPSA) is 29.5 Å². The van der Waals surface area contributed by atoms with Crippen LogP contribution in [0.4, 0.5) is 0 Å². The van der Waals surface area contributed by atoms with Crippen LogP contribution in [0.25, 0.3) is 0 Å². The van der Waals surface area contributed by atoms with E-state index in [0.29, 0.717) is 5.75 Å². The number of halogens is 1. The molecule has 1 aromatic rings. The summed E-state index contributed by atoms with van der Waals surface area (Å²) in [5, 5.41) is 9.47. The van der Waals surface area contributed by atoms with Gasteiger partial charge in [0.1, 0.15) is 17.6 Å². The molecule has 0 aromatic heterocycles. The molecule has 1 atom stereocenters. The number of ether oxygens (including phenoxy) is 1. The van der Waals surface area contributed by atoms with E-state index in [0.717, 1.165) is 22.2 Å². The average Bonchev–Trinajstić information content (AvgIpc) is 2.41. The second-order valence-electron chi connectivity index (χ2n) is 3.01. The van der Waals surface area contributed by atoms with Crippen molar-refractivity contribution in [2.45, 2.75) is 19.4 Å². The van der Waals surface area contributed by atoms with Crippen LogP contribution in [0.1, 0.15) is 12.5 Å². The van der Waals surface area contributed by atoms with E-state index in [1.807, 2.05) is 6.92 Å². The minimum absolute atomic E-state index is 0.171. The standard InChI is InChI=1S/C9H9BrO2/c1-5-4-6-8(11)3-2-7(10)9(6)12-5/h2-3,5,11H,4H2,1H3. The van der Waals surface area contributed by atoms with Crippen molar-refractivity contribution < 1.29 is 9.84 Å². The van der Waals surface area contributed by atoms with Crippen molar-refractivity contribution >= 4 is 15.9 Å². The molecule has 1 aliphatic heterocycles. The van der Waals surface area contributed by atoms with Crippen LogP contribution < -0.4 is 4.74 Å². The van der Waals surface area contributed by atoms with Gasteiger partial charge in [0.05, 0.1) is 4.47 Å². The Morgan fingerprint density at radius 3 is 3.00 bits per heavy atom. The Bertz CT molecular complexity index is 292. The van der Waals surface area contributed by atoms with Crippen molar-refractivity contribution in [2.24, 2.45) is 0 Å². The maximum Gasteiger partial charge on any atom is 0.140 e. The third-order valence-electron chi connectivity index (χ3n) is 2.00. The summed E-state index contributed by atoms with van der Waals surface area (Å²) in [5.41, 5.74) is 0.914. The molecule has 64 valence electrons. The highest BCUT2D eigenvalue weighted by Crippen LogP contribution is 2.40. The van der Waals surface area contributed by atoms with Gasteiger partial charge in [0.15, 0.2) is 0 Å². The Hall–Kier alpha value is -0.700. The van der Waals surface area contributed by atoms with Crippen molar-refractivity contribution in [2.75, 3.05) is 0 Å². The lowest BCUT2D eigenvalue weighted by Gasteiger charge is -2.04. The number of phenols is 1. The molecule has 1 unspecified atom stereocenters. The first kappa shape index (κ1) is 7.92. The number of aromatic hydroxyl groups is 1. The average molecular weight is 229 g/mol. The Kier molecular flexibility index (Phi) is 1.76. The molecule has 0 radical (unpaired) electrons. The Morgan fingerprint density at radius 2 is 2.33 bits per heavy atom. The molecule has 1 heterocycles. The zero-order valence-electron chi connectivity index (χ0n) is 6.67. The lowest BCUT2D eigenvalue weighted by Crippen LogP contribution is -2.05. The first-order chi connectivity index (χ1) is 5.68. The van der Waals surface area contributed by atoms with Crippen molar-refractivity contribution in [3.63, 3.8) is 0 Å². The van der Waals surface area contributed by atoms with E-state index in [2.05, 4.69) is 15.9 Å². The van der Waals surface area contributed by atoms with Crippen LogP contribution >= 0.6 is 15.9 Å². The van der Waals surface area contributed by atoms with Crippen LogP contribution in [0, 0.1) is 0 Å². The summed E-state index contributed by atoms with van der Waals surface area (Å²) in [7, 11) is 0. The summed E-state index contributed by atoms with van der Waals surface area (Å²) in [6.45, 7) is 1.99. The molecular weight excluding hydrogens is 220 g/mol. The summed E-state index contributed by atoms with van der Waals surface area (Å²) in [4.78, 5) is 0. The lowest BCUT2D eigenvalue weighted by molar-refractivity contribution is 0.253. The molecule has 0 bridgehead atoms. The van der Waals surface area contributed by atoms with E-state index in [-0.39, 0.29) is 6.10 Å². The van der Waals surface area contributed by atoms with Gasteiger partial charge in [-0.15, -0.1) is 0 Å². The number of hydrogen-bond donors (Lipinski definition) is 1. The first-order valence-corrected chi connectivity index (χ1v) is 4.65. The second-order valence-corrected chi connectivity index (χ2v) is 3.86. The molecule has 3 heteroatoms. The molecule has 0 spiro atoms. The number of phenolic OH excluding ortho intramolecular Hbond substituents is 1. The number of fused-ring (bicyclic) bond motifs is 1. The van der Waals surface area contributed by atoms with Gasteiger partial charge in [-0.3, -0.25) is 0 Å². The smallest absolute Gasteiger partial charge is 0.140 e. The molecule has 1 aliphatic rings. The third-order valence-corrected chi connectivity index (χ3v) is 2.62. The summed E-state index contributed by atoms with van der Waals surface area (Å²) < 4.78 is 6.43. The highest BCUT2D eigenvalue weighted by atomic mass is 79.9. The number of hydrogen-bond acceptors (Lipinski definition) is 2. The van der Waals surface area contributed by atoms with E-state index in [1.165, 1.54) is 0 Å². The maximum atomic E-state index is 9.47. The van der Waals surface area contributed by atoms with Crippen molar-refractivity contribution in [3.8, 4) is 11.5 Å². The Labute approximate surface area is 79.3 Å². The monoisotopic (exact) mass is 228 g/mol. The van der Waals surface area contributed by atoms with Gasteiger partial charge in [-0.2, -0.15) is 0 Å². The highest BCUT2D eigenvalue weighted by molar-refractivity contribution is 9.10. The molecule has 2 rings (SSSR count). The predicted octanol–water partition coefficient (Wildman–Crippen LogP) is 2.48. The fraction of sp³-hybridized carbons (Fsp3) is 0.333. The molecule has 1 aromatic carbocycles. The zero-order chi connectivity index (χ0) is 8.72. The molecule has 0 saturated carbocycles. The Morgan fingerprint density at radius 1 is 1.58 bits per heavy atom. The van der Waals surface area contributed by atoms with Gasteiger partial charge in [0.25, 0.3) is 0 Å². The fourth-order valence-corrected chi connectivity index (χ4v) is 1.91. The molecule has 2 nitrogen and oxygen atoms in total. The molecular formula is C9H9BrO2. The van der Waals surface area contributed by atoms with Crippen molar-refractivity contribution in [1.29, 1.82) is 0 Å². The van der Waals surface area contributed by atoms with Crippen molar-refractivity contribution in [3.05, 3.63) is 22.2 Å². The molecule has 0 fully saturated rings. The van der Waals surface area contributed by atoms with E-state index in [1.54, 1.807) is 12.1 Å². The van der Waals surface area contributed by atoms with Crippen LogP contribution in [0.15, 0.2) is 16.6 Å². The van der Waals surface area contributed by atoms with E-state index < -0.39 is 0 Å². The summed E-state index contributed by atoms with van der Waals surface area (Å²) >= 11 is 3.37. The van der Waals surface area contributed by atoms with Crippen LogP contribution in [0.3, 0.4) is 0 Å². The van der Waals surface area contributed by atoms with Gasteiger partial charge in [-0.05, 0) is 35.0 Å². The molecule has 12 heavy (non-hydrogen) atoms. The fourth-order valence-electron chi connectivity index (χ4n) is 1.44. The lowest BCUT2D eigenvalue weighted by atomic mass is 10.1. The highest BCUT2D eigenvalue weighted by Gasteiger charge is 2.24.